The van der Waals surface area contributed by atoms with Crippen LogP contribution in [0.4, 0.5) is 4.39 Å². The maximum atomic E-state index is 13.9. The van der Waals surface area contributed by atoms with Gasteiger partial charge in [0, 0.05) is 25.2 Å². The third-order valence-electron chi connectivity index (χ3n) is 4.67. The molecule has 2 fully saturated rings. The first kappa shape index (κ1) is 13.6. The zero-order valence-corrected chi connectivity index (χ0v) is 12.0. The van der Waals surface area contributed by atoms with E-state index in [0.717, 1.165) is 18.4 Å². The highest BCUT2D eigenvalue weighted by atomic mass is 19.1. The van der Waals surface area contributed by atoms with Gasteiger partial charge >= 0.3 is 0 Å². The van der Waals surface area contributed by atoms with Crippen LogP contribution in [0.3, 0.4) is 0 Å². The van der Waals surface area contributed by atoms with Crippen molar-refractivity contribution >= 4 is 5.91 Å². The molecule has 1 amide bonds. The summed E-state index contributed by atoms with van der Waals surface area (Å²) >= 11 is 0. The van der Waals surface area contributed by atoms with Crippen LogP contribution in [0.25, 0.3) is 0 Å². The molecule has 2 atom stereocenters. The van der Waals surface area contributed by atoms with E-state index in [1.807, 2.05) is 6.92 Å². The molecule has 0 radical (unpaired) electrons. The Morgan fingerprint density at radius 1 is 1.30 bits per heavy atom. The number of amides is 1. The van der Waals surface area contributed by atoms with Crippen LogP contribution in [-0.2, 0) is 0 Å². The number of hydrogen-bond donors (Lipinski definition) is 1. The summed E-state index contributed by atoms with van der Waals surface area (Å²) in [6.07, 6.45) is 4.35. The van der Waals surface area contributed by atoms with Crippen LogP contribution in [0.5, 0.6) is 0 Å². The fourth-order valence-corrected chi connectivity index (χ4v) is 3.50. The van der Waals surface area contributed by atoms with Gasteiger partial charge in [-0.1, -0.05) is 11.6 Å². The van der Waals surface area contributed by atoms with E-state index in [2.05, 4.69) is 5.32 Å². The molecule has 2 saturated heterocycles. The summed E-state index contributed by atoms with van der Waals surface area (Å²) in [4.78, 5) is 14.3. The van der Waals surface area contributed by atoms with Gasteiger partial charge < -0.3 is 10.2 Å². The number of hydrogen-bond acceptors (Lipinski definition) is 2. The molecule has 1 aromatic rings. The van der Waals surface area contributed by atoms with Gasteiger partial charge in [0.25, 0.3) is 5.91 Å². The van der Waals surface area contributed by atoms with Gasteiger partial charge in [-0.2, -0.15) is 0 Å². The molecule has 4 heteroatoms. The minimum atomic E-state index is -0.427. The van der Waals surface area contributed by atoms with Crippen molar-refractivity contribution in [2.75, 3.05) is 7.05 Å². The predicted molar refractivity (Wildman–Crippen MR) is 76.2 cm³/mol. The Labute approximate surface area is 119 Å². The Kier molecular flexibility index (Phi) is 3.50. The molecule has 3 rings (SSSR count). The van der Waals surface area contributed by atoms with Gasteiger partial charge in [-0.3, -0.25) is 4.79 Å². The Morgan fingerprint density at radius 2 is 1.95 bits per heavy atom. The van der Waals surface area contributed by atoms with E-state index in [0.29, 0.717) is 12.1 Å². The summed E-state index contributed by atoms with van der Waals surface area (Å²) < 4.78 is 13.9. The van der Waals surface area contributed by atoms with Crippen molar-refractivity contribution in [2.24, 2.45) is 0 Å². The normalized spacial score (nSPS) is 28.4. The first-order valence-corrected chi connectivity index (χ1v) is 7.34. The van der Waals surface area contributed by atoms with Crippen molar-refractivity contribution in [3.05, 3.63) is 35.1 Å². The lowest BCUT2D eigenvalue weighted by Crippen LogP contribution is -2.48. The number of fused-ring (bicyclic) bond motifs is 2. The van der Waals surface area contributed by atoms with E-state index in [1.165, 1.54) is 18.9 Å². The zero-order valence-electron chi connectivity index (χ0n) is 12.0. The summed E-state index contributed by atoms with van der Waals surface area (Å²) in [5.41, 5.74) is 1.10. The number of aryl methyl sites for hydroxylation is 1. The molecule has 2 unspecified atom stereocenters. The number of halogens is 1. The second-order valence-corrected chi connectivity index (χ2v) is 6.16. The minimum Gasteiger partial charge on any atom is -0.339 e. The van der Waals surface area contributed by atoms with Crippen molar-refractivity contribution in [1.82, 2.24) is 10.2 Å². The number of benzene rings is 1. The van der Waals surface area contributed by atoms with Crippen LogP contribution in [0.2, 0.25) is 0 Å². The van der Waals surface area contributed by atoms with E-state index in [-0.39, 0.29) is 17.5 Å². The quantitative estimate of drug-likeness (QED) is 0.900. The van der Waals surface area contributed by atoms with Gasteiger partial charge in [0.15, 0.2) is 0 Å². The second-order valence-electron chi connectivity index (χ2n) is 6.16. The van der Waals surface area contributed by atoms with Crippen LogP contribution in [0.15, 0.2) is 18.2 Å². The maximum Gasteiger partial charge on any atom is 0.256 e. The first-order valence-electron chi connectivity index (χ1n) is 7.34. The Bertz CT molecular complexity index is 519. The molecule has 2 aliphatic rings. The second kappa shape index (κ2) is 5.17. The summed E-state index contributed by atoms with van der Waals surface area (Å²) in [7, 11) is 1.81. The fraction of sp³-hybridized carbons (Fsp3) is 0.562. The van der Waals surface area contributed by atoms with E-state index < -0.39 is 5.82 Å². The molecule has 1 aromatic carbocycles. The Morgan fingerprint density at radius 3 is 2.60 bits per heavy atom. The van der Waals surface area contributed by atoms with Crippen molar-refractivity contribution in [3.8, 4) is 0 Å². The summed E-state index contributed by atoms with van der Waals surface area (Å²) in [5, 5.41) is 3.56. The lowest BCUT2D eigenvalue weighted by molar-refractivity contribution is 0.0677. The number of piperidine rings is 1. The van der Waals surface area contributed by atoms with Crippen LogP contribution in [-0.4, -0.2) is 36.0 Å². The van der Waals surface area contributed by atoms with Gasteiger partial charge in [-0.25, -0.2) is 4.39 Å². The maximum absolute atomic E-state index is 13.9. The van der Waals surface area contributed by atoms with Crippen LogP contribution in [0, 0.1) is 12.7 Å². The minimum absolute atomic E-state index is 0.193. The van der Waals surface area contributed by atoms with Gasteiger partial charge in [0.1, 0.15) is 5.82 Å². The highest BCUT2D eigenvalue weighted by Gasteiger charge is 2.36. The molecule has 0 spiro atoms. The van der Waals surface area contributed by atoms with E-state index in [9.17, 15) is 9.18 Å². The van der Waals surface area contributed by atoms with Crippen molar-refractivity contribution in [2.45, 2.75) is 50.7 Å². The van der Waals surface area contributed by atoms with Gasteiger partial charge in [0.2, 0.25) is 0 Å². The molecule has 0 aromatic heterocycles. The predicted octanol–water partition coefficient (Wildman–Crippen LogP) is 2.49. The molecule has 20 heavy (non-hydrogen) atoms. The van der Waals surface area contributed by atoms with Gasteiger partial charge in [-0.05, 0) is 44.7 Å². The number of nitrogens with one attached hydrogen (secondary N) is 1. The number of carbonyl (C=O) groups is 1. The molecule has 3 nitrogen and oxygen atoms in total. The van der Waals surface area contributed by atoms with Crippen molar-refractivity contribution in [3.63, 3.8) is 0 Å². The van der Waals surface area contributed by atoms with Gasteiger partial charge in [0.05, 0.1) is 5.56 Å². The summed E-state index contributed by atoms with van der Waals surface area (Å²) in [6.45, 7) is 1.88. The van der Waals surface area contributed by atoms with Crippen molar-refractivity contribution < 1.29 is 9.18 Å². The monoisotopic (exact) mass is 276 g/mol. The molecule has 2 bridgehead atoms. The van der Waals surface area contributed by atoms with E-state index >= 15 is 0 Å². The SMILES string of the molecule is Cc1ccc(F)c(C(=O)N(C)C2CC3CCC(C2)N3)c1. The fourth-order valence-electron chi connectivity index (χ4n) is 3.50. The smallest absolute Gasteiger partial charge is 0.256 e. The third-order valence-corrected chi connectivity index (χ3v) is 4.67. The zero-order chi connectivity index (χ0) is 14.3. The molecule has 2 aliphatic heterocycles. The Balaban J connectivity index is 1.78. The summed E-state index contributed by atoms with van der Waals surface area (Å²) in [5.74, 6) is -0.623. The van der Waals surface area contributed by atoms with Crippen molar-refractivity contribution in [1.29, 1.82) is 0 Å². The van der Waals surface area contributed by atoms with E-state index in [4.69, 9.17) is 0 Å². The third kappa shape index (κ3) is 2.44. The molecule has 1 N–H and O–H groups in total. The summed E-state index contributed by atoms with van der Waals surface area (Å²) in [6, 6.07) is 5.98. The van der Waals surface area contributed by atoms with Crippen LogP contribution < -0.4 is 5.32 Å². The molecular weight excluding hydrogens is 255 g/mol. The lowest BCUT2D eigenvalue weighted by Gasteiger charge is -2.35. The van der Waals surface area contributed by atoms with Crippen LogP contribution >= 0.6 is 0 Å². The standard InChI is InChI=1S/C16H21FN2O/c1-10-3-6-15(17)14(7-10)16(20)19(2)13-8-11-4-5-12(9-13)18-11/h3,6-7,11-13,18H,4-5,8-9H2,1-2H3. The van der Waals surface area contributed by atoms with Crippen LogP contribution in [0.1, 0.15) is 41.6 Å². The first-order chi connectivity index (χ1) is 9.54. The largest absolute Gasteiger partial charge is 0.339 e. The molecule has 0 saturated carbocycles. The highest BCUT2D eigenvalue weighted by molar-refractivity contribution is 5.94. The van der Waals surface area contributed by atoms with E-state index in [1.54, 1.807) is 24.1 Å². The number of carbonyl (C=O) groups excluding carboxylic acids is 1. The lowest BCUT2D eigenvalue weighted by atomic mass is 9.97. The molecule has 108 valence electrons. The highest BCUT2D eigenvalue weighted by Crippen LogP contribution is 2.30. The topological polar surface area (TPSA) is 32.3 Å². The van der Waals surface area contributed by atoms with Gasteiger partial charge in [-0.15, -0.1) is 0 Å². The average molecular weight is 276 g/mol. The molecule has 2 heterocycles. The number of rotatable bonds is 2. The number of nitrogens with zero attached hydrogens (tertiary/aromatic N) is 1. The molecule has 0 aliphatic carbocycles. The average Bonchev–Trinajstić information content (AvgIpc) is 2.78. The Hall–Kier alpha value is -1.42. The molecular formula is C16H21FN2O.